The molecule has 16 heavy (non-hydrogen) atoms. The third-order valence-corrected chi connectivity index (χ3v) is 5.11. The molecule has 0 aromatic heterocycles. The number of thioether (sulfide) groups is 1. The van der Waals surface area contributed by atoms with E-state index in [4.69, 9.17) is 4.74 Å². The second-order valence-electron chi connectivity index (χ2n) is 5.42. The van der Waals surface area contributed by atoms with Gasteiger partial charge in [0, 0.05) is 24.4 Å². The van der Waals surface area contributed by atoms with Crippen LogP contribution in [0.25, 0.3) is 0 Å². The van der Waals surface area contributed by atoms with Crippen molar-refractivity contribution in [3.05, 3.63) is 0 Å². The lowest BCUT2D eigenvalue weighted by Crippen LogP contribution is -2.42. The third-order valence-electron chi connectivity index (χ3n) is 3.72. The first-order valence-corrected chi connectivity index (χ1v) is 7.77. The Morgan fingerprint density at radius 3 is 2.94 bits per heavy atom. The molecule has 2 aliphatic rings. The molecule has 3 heteroatoms. The molecule has 2 fully saturated rings. The molecule has 0 bridgehead atoms. The summed E-state index contributed by atoms with van der Waals surface area (Å²) in [4.78, 5) is 0. The minimum Gasteiger partial charge on any atom is -0.378 e. The Balaban J connectivity index is 1.68. The van der Waals surface area contributed by atoms with Crippen molar-refractivity contribution < 1.29 is 4.74 Å². The fraction of sp³-hybridized carbons (Fsp3) is 1.00. The lowest BCUT2D eigenvalue weighted by Gasteiger charge is -2.33. The molecule has 0 aromatic carbocycles. The summed E-state index contributed by atoms with van der Waals surface area (Å²) in [6.45, 7) is 6.68. The fourth-order valence-corrected chi connectivity index (χ4v) is 3.80. The molecule has 0 spiro atoms. The van der Waals surface area contributed by atoms with E-state index in [1.54, 1.807) is 0 Å². The largest absolute Gasteiger partial charge is 0.378 e. The maximum atomic E-state index is 5.80. The van der Waals surface area contributed by atoms with Crippen LogP contribution in [0.15, 0.2) is 0 Å². The van der Waals surface area contributed by atoms with Crippen molar-refractivity contribution in [2.24, 2.45) is 5.92 Å². The fourth-order valence-electron chi connectivity index (χ4n) is 2.58. The number of hydrogen-bond acceptors (Lipinski definition) is 3. The van der Waals surface area contributed by atoms with Crippen LogP contribution < -0.4 is 5.32 Å². The van der Waals surface area contributed by atoms with Gasteiger partial charge >= 0.3 is 0 Å². The molecule has 3 atom stereocenters. The van der Waals surface area contributed by atoms with Crippen LogP contribution in [-0.2, 0) is 4.74 Å². The van der Waals surface area contributed by atoms with E-state index in [-0.39, 0.29) is 0 Å². The van der Waals surface area contributed by atoms with Gasteiger partial charge in [-0.1, -0.05) is 13.8 Å². The molecule has 0 saturated carbocycles. The SMILES string of the molecule is CC(C)C1CC(NCC2CCCS2)CCO1. The van der Waals surface area contributed by atoms with Crippen LogP contribution in [0.3, 0.4) is 0 Å². The molecule has 94 valence electrons. The topological polar surface area (TPSA) is 21.3 Å². The highest BCUT2D eigenvalue weighted by atomic mass is 32.2. The maximum Gasteiger partial charge on any atom is 0.0612 e. The smallest absolute Gasteiger partial charge is 0.0612 e. The first-order valence-electron chi connectivity index (χ1n) is 6.72. The summed E-state index contributed by atoms with van der Waals surface area (Å²) in [6.07, 6.45) is 5.70. The second-order valence-corrected chi connectivity index (χ2v) is 6.83. The van der Waals surface area contributed by atoms with Crippen LogP contribution in [0, 0.1) is 5.92 Å². The van der Waals surface area contributed by atoms with Crippen molar-refractivity contribution in [2.75, 3.05) is 18.9 Å². The highest BCUT2D eigenvalue weighted by molar-refractivity contribution is 8.00. The van der Waals surface area contributed by atoms with Crippen LogP contribution in [0.5, 0.6) is 0 Å². The maximum absolute atomic E-state index is 5.80. The van der Waals surface area contributed by atoms with Crippen LogP contribution >= 0.6 is 11.8 Å². The van der Waals surface area contributed by atoms with Crippen molar-refractivity contribution in [1.29, 1.82) is 0 Å². The minimum atomic E-state index is 0.475. The summed E-state index contributed by atoms with van der Waals surface area (Å²) in [7, 11) is 0. The van der Waals surface area contributed by atoms with Crippen LogP contribution in [0.4, 0.5) is 0 Å². The Bertz CT molecular complexity index is 204. The van der Waals surface area contributed by atoms with Gasteiger partial charge in [0.1, 0.15) is 0 Å². The van der Waals surface area contributed by atoms with Crippen molar-refractivity contribution in [3.8, 4) is 0 Å². The Morgan fingerprint density at radius 1 is 1.38 bits per heavy atom. The van der Waals surface area contributed by atoms with Crippen molar-refractivity contribution >= 4 is 11.8 Å². The molecule has 1 N–H and O–H groups in total. The zero-order valence-corrected chi connectivity index (χ0v) is 11.4. The summed E-state index contributed by atoms with van der Waals surface area (Å²) in [6, 6.07) is 0.697. The molecule has 0 amide bonds. The van der Waals surface area contributed by atoms with Gasteiger partial charge in [0.05, 0.1) is 6.10 Å². The molecule has 0 aromatic rings. The lowest BCUT2D eigenvalue weighted by atomic mass is 9.95. The van der Waals surface area contributed by atoms with E-state index in [0.29, 0.717) is 18.1 Å². The normalized spacial score (nSPS) is 35.8. The third kappa shape index (κ3) is 3.64. The Hall–Kier alpha value is 0.270. The molecule has 2 nitrogen and oxygen atoms in total. The summed E-state index contributed by atoms with van der Waals surface area (Å²) in [5.41, 5.74) is 0. The van der Waals surface area contributed by atoms with Gasteiger partial charge in [-0.15, -0.1) is 0 Å². The molecule has 2 aliphatic heterocycles. The molecule has 3 unspecified atom stereocenters. The Morgan fingerprint density at radius 2 is 2.25 bits per heavy atom. The van der Waals surface area contributed by atoms with Gasteiger partial charge in [-0.05, 0) is 37.4 Å². The standard InChI is InChI=1S/C13H25NOS/c1-10(2)13-8-11(5-6-15-13)14-9-12-4-3-7-16-12/h10-14H,3-9H2,1-2H3. The van der Waals surface area contributed by atoms with E-state index < -0.39 is 0 Å². The van der Waals surface area contributed by atoms with E-state index in [0.717, 1.165) is 11.9 Å². The zero-order chi connectivity index (χ0) is 11.4. The van der Waals surface area contributed by atoms with Gasteiger partial charge in [-0.25, -0.2) is 0 Å². The van der Waals surface area contributed by atoms with Crippen LogP contribution in [0.2, 0.25) is 0 Å². The van der Waals surface area contributed by atoms with Crippen molar-refractivity contribution in [3.63, 3.8) is 0 Å². The van der Waals surface area contributed by atoms with Gasteiger partial charge in [0.2, 0.25) is 0 Å². The average molecular weight is 243 g/mol. The summed E-state index contributed by atoms with van der Waals surface area (Å²) in [5.74, 6) is 2.03. The van der Waals surface area contributed by atoms with Crippen molar-refractivity contribution in [2.45, 2.75) is 56.9 Å². The zero-order valence-electron chi connectivity index (χ0n) is 10.6. The first-order chi connectivity index (χ1) is 7.75. The van der Waals surface area contributed by atoms with Gasteiger partial charge in [-0.2, -0.15) is 11.8 Å². The monoisotopic (exact) mass is 243 g/mol. The molecule has 2 heterocycles. The van der Waals surface area contributed by atoms with Gasteiger partial charge in [0.15, 0.2) is 0 Å². The lowest BCUT2D eigenvalue weighted by molar-refractivity contribution is -0.0242. The molecular formula is C13H25NOS. The van der Waals surface area contributed by atoms with Gasteiger partial charge in [0.25, 0.3) is 0 Å². The van der Waals surface area contributed by atoms with E-state index in [1.807, 2.05) is 0 Å². The predicted molar refractivity (Wildman–Crippen MR) is 71.1 cm³/mol. The molecular weight excluding hydrogens is 218 g/mol. The number of rotatable bonds is 4. The molecule has 2 rings (SSSR count). The van der Waals surface area contributed by atoms with Crippen molar-refractivity contribution in [1.82, 2.24) is 5.32 Å². The summed E-state index contributed by atoms with van der Waals surface area (Å²) in [5, 5.41) is 4.62. The second kappa shape index (κ2) is 6.27. The Labute approximate surface area is 104 Å². The van der Waals surface area contributed by atoms with Crippen LogP contribution in [0.1, 0.15) is 39.5 Å². The van der Waals surface area contributed by atoms with E-state index >= 15 is 0 Å². The number of nitrogens with one attached hydrogen (secondary N) is 1. The predicted octanol–water partition coefficient (Wildman–Crippen LogP) is 2.68. The summed E-state index contributed by atoms with van der Waals surface area (Å²) >= 11 is 2.14. The first kappa shape index (κ1) is 12.7. The average Bonchev–Trinajstić information content (AvgIpc) is 2.79. The number of ether oxygens (including phenoxy) is 1. The molecule has 2 saturated heterocycles. The molecule has 0 radical (unpaired) electrons. The minimum absolute atomic E-state index is 0.475. The van der Waals surface area contributed by atoms with Crippen LogP contribution in [-0.4, -0.2) is 36.3 Å². The highest BCUT2D eigenvalue weighted by Gasteiger charge is 2.25. The highest BCUT2D eigenvalue weighted by Crippen LogP contribution is 2.26. The molecule has 0 aliphatic carbocycles. The quantitative estimate of drug-likeness (QED) is 0.820. The van der Waals surface area contributed by atoms with E-state index in [1.165, 1.54) is 38.0 Å². The Kier molecular flexibility index (Phi) is 4.98. The van der Waals surface area contributed by atoms with E-state index in [9.17, 15) is 0 Å². The number of hydrogen-bond donors (Lipinski definition) is 1. The van der Waals surface area contributed by atoms with E-state index in [2.05, 4.69) is 30.9 Å². The van der Waals surface area contributed by atoms with Gasteiger partial charge < -0.3 is 10.1 Å². The summed E-state index contributed by atoms with van der Waals surface area (Å²) < 4.78 is 5.80. The van der Waals surface area contributed by atoms with Gasteiger partial charge in [-0.3, -0.25) is 0 Å².